The number of carbonyl (C=O) groups excluding carboxylic acids is 1. The Labute approximate surface area is 185 Å². The summed E-state index contributed by atoms with van der Waals surface area (Å²) in [5, 5.41) is 5.83. The van der Waals surface area contributed by atoms with E-state index in [2.05, 4.69) is 32.7 Å². The van der Waals surface area contributed by atoms with Crippen molar-refractivity contribution in [2.45, 2.75) is 30.1 Å². The first-order chi connectivity index (χ1) is 14.0. The van der Waals surface area contributed by atoms with Crippen LogP contribution < -0.4 is 10.6 Å². The zero-order valence-electron chi connectivity index (χ0n) is 15.2. The van der Waals surface area contributed by atoms with Crippen molar-refractivity contribution in [2.75, 3.05) is 16.9 Å². The highest BCUT2D eigenvalue weighted by molar-refractivity contribution is 14.2. The smallest absolute Gasteiger partial charge is 0.295 e. The SMILES string of the molecule is CSc1cc(C2CC2)ccc1Nc1cc(NC=O)nc2c1nc(C(F)F)n2PI. The molecule has 1 fully saturated rings. The number of fused-ring (bicyclic) bond motifs is 1. The molecule has 0 aliphatic heterocycles. The van der Waals surface area contributed by atoms with E-state index in [9.17, 15) is 13.6 Å². The lowest BCUT2D eigenvalue weighted by molar-refractivity contribution is -0.105. The number of hydrogen-bond acceptors (Lipinski definition) is 5. The normalized spacial score (nSPS) is 14.2. The standard InChI is InChI=1S/C18H17F2IN5OPS/c1-29-13-6-10(9-2-3-9)4-5-11(13)23-12-7-14(22-8-27)24-17-15(12)25-18(16(19)20)26(17)28-21/h4-9,16,28H,2-3H2,1H3,(H2,22,23,24,27). The summed E-state index contributed by atoms with van der Waals surface area (Å²) in [6.07, 6.45) is 2.22. The van der Waals surface area contributed by atoms with Crippen LogP contribution >= 0.6 is 40.2 Å². The summed E-state index contributed by atoms with van der Waals surface area (Å²) in [7, 11) is 0. The second-order valence-electron chi connectivity index (χ2n) is 6.54. The molecule has 1 aliphatic carbocycles. The highest BCUT2D eigenvalue weighted by Gasteiger charge is 2.25. The average molecular weight is 547 g/mol. The minimum atomic E-state index is -2.72. The lowest BCUT2D eigenvalue weighted by Crippen LogP contribution is -2.01. The Kier molecular flexibility index (Phi) is 6.21. The van der Waals surface area contributed by atoms with Gasteiger partial charge in [0.25, 0.3) is 6.43 Å². The number of pyridine rings is 1. The largest absolute Gasteiger partial charge is 0.353 e. The van der Waals surface area contributed by atoms with Crippen LogP contribution in [0.15, 0.2) is 29.2 Å². The maximum absolute atomic E-state index is 13.5. The molecule has 1 aromatic carbocycles. The Morgan fingerprint density at radius 1 is 1.31 bits per heavy atom. The van der Waals surface area contributed by atoms with Gasteiger partial charge in [-0.3, -0.25) is 9.13 Å². The molecule has 1 unspecified atom stereocenters. The van der Waals surface area contributed by atoms with Gasteiger partial charge in [0.1, 0.15) is 11.3 Å². The van der Waals surface area contributed by atoms with Crippen LogP contribution in [0.25, 0.3) is 11.2 Å². The molecule has 0 bridgehead atoms. The number of rotatable bonds is 8. The fourth-order valence-corrected chi connectivity index (χ4v) is 5.64. The molecule has 0 spiro atoms. The number of anilines is 3. The van der Waals surface area contributed by atoms with Crippen molar-refractivity contribution in [3.63, 3.8) is 0 Å². The fraction of sp³-hybridized carbons (Fsp3) is 0.278. The maximum Gasteiger partial charge on any atom is 0.295 e. The number of imidazole rings is 1. The van der Waals surface area contributed by atoms with E-state index < -0.39 is 6.43 Å². The van der Waals surface area contributed by atoms with Crippen molar-refractivity contribution >= 4 is 74.9 Å². The summed E-state index contributed by atoms with van der Waals surface area (Å²) < 4.78 is 28.4. The molecule has 4 rings (SSSR count). The second kappa shape index (κ2) is 8.69. The monoisotopic (exact) mass is 547 g/mol. The molecule has 29 heavy (non-hydrogen) atoms. The average Bonchev–Trinajstić information content (AvgIpc) is 3.49. The number of aromatic nitrogens is 3. The molecule has 2 aromatic heterocycles. The molecular formula is C18H17F2IN5OPS. The van der Waals surface area contributed by atoms with Crippen molar-refractivity contribution < 1.29 is 13.6 Å². The van der Waals surface area contributed by atoms with E-state index in [1.807, 2.05) is 34.4 Å². The third-order valence-corrected chi connectivity index (χ3v) is 7.51. The van der Waals surface area contributed by atoms with Gasteiger partial charge in [-0.15, -0.1) is 11.8 Å². The molecular weight excluding hydrogens is 530 g/mol. The van der Waals surface area contributed by atoms with E-state index >= 15 is 0 Å². The Bertz CT molecular complexity index is 1080. The van der Waals surface area contributed by atoms with E-state index in [1.54, 1.807) is 17.8 Å². The highest BCUT2D eigenvalue weighted by atomic mass is 127. The Balaban J connectivity index is 1.82. The highest BCUT2D eigenvalue weighted by Crippen LogP contribution is 2.43. The molecule has 1 aliphatic rings. The third-order valence-electron chi connectivity index (χ3n) is 4.67. The third kappa shape index (κ3) is 4.20. The molecule has 2 heterocycles. The number of nitrogens with zero attached hydrogens (tertiary/aromatic N) is 3. The first kappa shape index (κ1) is 20.7. The first-order valence-corrected chi connectivity index (χ1v) is 14.1. The lowest BCUT2D eigenvalue weighted by atomic mass is 10.1. The Morgan fingerprint density at radius 3 is 2.72 bits per heavy atom. The van der Waals surface area contributed by atoms with Crippen molar-refractivity contribution in [3.8, 4) is 0 Å². The zero-order valence-corrected chi connectivity index (χ0v) is 19.2. The predicted molar refractivity (Wildman–Crippen MR) is 123 cm³/mol. The molecule has 152 valence electrons. The molecule has 0 radical (unpaired) electrons. The van der Waals surface area contributed by atoms with Gasteiger partial charge in [-0.05, 0) is 64.8 Å². The van der Waals surface area contributed by atoms with Gasteiger partial charge in [-0.2, -0.15) is 0 Å². The van der Waals surface area contributed by atoms with Gasteiger partial charge in [0.2, 0.25) is 6.41 Å². The summed E-state index contributed by atoms with van der Waals surface area (Å²) in [5.41, 5.74) is 3.35. The lowest BCUT2D eigenvalue weighted by Gasteiger charge is -2.14. The molecule has 6 nitrogen and oxygen atoms in total. The molecule has 1 amide bonds. The number of carbonyl (C=O) groups is 1. The minimum Gasteiger partial charge on any atom is -0.353 e. The van der Waals surface area contributed by atoms with Gasteiger partial charge < -0.3 is 10.6 Å². The van der Waals surface area contributed by atoms with E-state index in [1.165, 1.54) is 22.7 Å². The van der Waals surface area contributed by atoms with Gasteiger partial charge in [0.15, 0.2) is 11.5 Å². The van der Waals surface area contributed by atoms with Gasteiger partial charge in [0, 0.05) is 11.0 Å². The van der Waals surface area contributed by atoms with Crippen LogP contribution in [0.3, 0.4) is 0 Å². The fourth-order valence-electron chi connectivity index (χ4n) is 3.15. The number of nitrogens with one attached hydrogen (secondary N) is 2. The van der Waals surface area contributed by atoms with Crippen LogP contribution in [-0.4, -0.2) is 27.0 Å². The summed E-state index contributed by atoms with van der Waals surface area (Å²) in [4.78, 5) is 20.5. The second-order valence-corrected chi connectivity index (χ2v) is 9.45. The van der Waals surface area contributed by atoms with Crippen LogP contribution in [0.2, 0.25) is 0 Å². The predicted octanol–water partition coefficient (Wildman–Crippen LogP) is 6.07. The quantitative estimate of drug-likeness (QED) is 0.155. The van der Waals surface area contributed by atoms with Gasteiger partial charge >= 0.3 is 0 Å². The van der Waals surface area contributed by atoms with Crippen LogP contribution in [0.4, 0.5) is 26.0 Å². The van der Waals surface area contributed by atoms with Gasteiger partial charge in [0.05, 0.1) is 17.7 Å². The molecule has 1 saturated carbocycles. The molecule has 11 heteroatoms. The van der Waals surface area contributed by atoms with Crippen LogP contribution in [0, 0.1) is 0 Å². The number of thioether (sulfide) groups is 1. The number of amides is 1. The van der Waals surface area contributed by atoms with Gasteiger partial charge in [-0.25, -0.2) is 18.7 Å². The Hall–Kier alpha value is -1.52. The van der Waals surface area contributed by atoms with E-state index in [-0.39, 0.29) is 18.0 Å². The zero-order chi connectivity index (χ0) is 20.5. The van der Waals surface area contributed by atoms with Crippen molar-refractivity contribution in [3.05, 3.63) is 35.7 Å². The van der Waals surface area contributed by atoms with Crippen molar-refractivity contribution in [1.82, 2.24) is 14.3 Å². The summed E-state index contributed by atoms with van der Waals surface area (Å²) in [6.45, 7) is 0. The van der Waals surface area contributed by atoms with Crippen LogP contribution in [0.1, 0.15) is 36.6 Å². The number of hydrogen-bond donors (Lipinski definition) is 2. The van der Waals surface area contributed by atoms with E-state index in [4.69, 9.17) is 0 Å². The number of alkyl halides is 2. The Morgan fingerprint density at radius 2 is 2.10 bits per heavy atom. The topological polar surface area (TPSA) is 71.8 Å². The number of halogens is 3. The summed E-state index contributed by atoms with van der Waals surface area (Å²) >= 11 is 3.63. The number of benzene rings is 1. The first-order valence-electron chi connectivity index (χ1n) is 8.79. The molecule has 1 atom stereocenters. The summed E-state index contributed by atoms with van der Waals surface area (Å²) in [6, 6.07) is 7.88. The maximum atomic E-state index is 13.5. The van der Waals surface area contributed by atoms with Crippen molar-refractivity contribution in [1.29, 1.82) is 0 Å². The molecule has 0 saturated heterocycles. The van der Waals surface area contributed by atoms with Crippen LogP contribution in [-0.2, 0) is 4.79 Å². The van der Waals surface area contributed by atoms with E-state index in [0.29, 0.717) is 29.2 Å². The molecule has 3 aromatic rings. The summed E-state index contributed by atoms with van der Waals surface area (Å²) in [5.74, 6) is 0.576. The van der Waals surface area contributed by atoms with E-state index in [0.717, 1.165) is 10.6 Å². The minimum absolute atomic E-state index is 0.00374. The van der Waals surface area contributed by atoms with Gasteiger partial charge in [-0.1, -0.05) is 6.07 Å². The van der Waals surface area contributed by atoms with Crippen LogP contribution in [0.5, 0.6) is 0 Å². The van der Waals surface area contributed by atoms with Crippen molar-refractivity contribution in [2.24, 2.45) is 0 Å². The molecule has 2 N–H and O–H groups in total.